The first kappa shape index (κ1) is 27.1. The second-order valence-electron chi connectivity index (χ2n) is 10.9. The number of carboxylic acid groups (broad SMARTS) is 1. The number of amides is 1. The molecular weight excluding hydrogens is 454 g/mol. The maximum absolute atomic E-state index is 13.6. The van der Waals surface area contributed by atoms with Crippen molar-refractivity contribution in [1.82, 2.24) is 15.1 Å². The van der Waals surface area contributed by atoms with Gasteiger partial charge < -0.3 is 15.2 Å². The number of nitrogens with zero attached hydrogens (tertiary/aromatic N) is 2. The summed E-state index contributed by atoms with van der Waals surface area (Å²) in [4.78, 5) is 25.4. The Labute approximate surface area is 213 Å². The van der Waals surface area contributed by atoms with Gasteiger partial charge in [0.15, 0.2) is 5.60 Å². The van der Waals surface area contributed by atoms with Gasteiger partial charge in [0.05, 0.1) is 11.2 Å². The Hall–Kier alpha value is -3.45. The fraction of sp³-hybridized carbons (Fsp3) is 0.414. The van der Waals surface area contributed by atoms with E-state index in [0.717, 1.165) is 11.1 Å². The molecule has 1 aromatic heterocycles. The van der Waals surface area contributed by atoms with Gasteiger partial charge in [-0.1, -0.05) is 69.3 Å². The van der Waals surface area contributed by atoms with Crippen molar-refractivity contribution in [3.8, 4) is 11.3 Å². The first-order valence-electron chi connectivity index (χ1n) is 12.1. The predicted octanol–water partition coefficient (Wildman–Crippen LogP) is 5.19. The average molecular weight is 492 g/mol. The number of hydrogen-bond donors (Lipinski definition) is 2. The van der Waals surface area contributed by atoms with Crippen molar-refractivity contribution < 1.29 is 19.4 Å². The molecule has 2 N–H and O–H groups in total. The normalized spacial score (nSPS) is 20.1. The molecule has 7 nitrogen and oxygen atoms in total. The average Bonchev–Trinajstić information content (AvgIpc) is 3.18. The minimum Gasteiger partial charge on any atom is -0.479 e. The van der Waals surface area contributed by atoms with Crippen LogP contribution in [0.2, 0.25) is 0 Å². The number of carbonyl (C=O) groups is 2. The molecule has 1 aliphatic carbocycles. The predicted molar refractivity (Wildman–Crippen MR) is 142 cm³/mol. The van der Waals surface area contributed by atoms with Crippen LogP contribution in [0.5, 0.6) is 0 Å². The summed E-state index contributed by atoms with van der Waals surface area (Å²) < 4.78 is 7.60. The highest BCUT2D eigenvalue weighted by Crippen LogP contribution is 2.35. The molecule has 2 unspecified atom stereocenters. The fourth-order valence-corrected chi connectivity index (χ4v) is 4.30. The van der Waals surface area contributed by atoms with E-state index in [-0.39, 0.29) is 11.3 Å². The van der Waals surface area contributed by atoms with Crippen molar-refractivity contribution in [2.75, 3.05) is 0 Å². The number of ether oxygens (including phenoxy) is 1. The van der Waals surface area contributed by atoms with Crippen LogP contribution in [-0.4, -0.2) is 44.0 Å². The van der Waals surface area contributed by atoms with Crippen LogP contribution in [0.25, 0.3) is 11.3 Å². The second kappa shape index (κ2) is 9.90. The van der Waals surface area contributed by atoms with Gasteiger partial charge in [-0.25, -0.2) is 4.79 Å². The third kappa shape index (κ3) is 5.36. The van der Waals surface area contributed by atoms with E-state index >= 15 is 0 Å². The van der Waals surface area contributed by atoms with E-state index in [9.17, 15) is 14.7 Å². The van der Waals surface area contributed by atoms with Crippen LogP contribution in [0.3, 0.4) is 0 Å². The van der Waals surface area contributed by atoms with E-state index in [4.69, 9.17) is 4.74 Å². The number of nitrogens with one attached hydrogen (secondary N) is 1. The van der Waals surface area contributed by atoms with Crippen LogP contribution >= 0.6 is 0 Å². The molecule has 0 aliphatic heterocycles. The number of aromatic nitrogens is 2. The number of aliphatic carboxylic acids is 1. The van der Waals surface area contributed by atoms with Crippen LogP contribution in [0.15, 0.2) is 66.8 Å². The number of hydrogen-bond acceptors (Lipinski definition) is 4. The number of aryl methyl sites for hydroxylation is 1. The Morgan fingerprint density at radius 1 is 1.22 bits per heavy atom. The zero-order chi connectivity index (χ0) is 26.9. The Bertz CT molecular complexity index is 1210. The van der Waals surface area contributed by atoms with Gasteiger partial charge in [0, 0.05) is 12.6 Å². The van der Waals surface area contributed by atoms with Gasteiger partial charge in [0.25, 0.3) is 5.91 Å². The van der Waals surface area contributed by atoms with E-state index in [1.165, 1.54) is 19.4 Å². The van der Waals surface area contributed by atoms with E-state index in [2.05, 4.69) is 49.9 Å². The van der Waals surface area contributed by atoms with Gasteiger partial charge in [-0.05, 0) is 49.8 Å². The highest BCUT2D eigenvalue weighted by atomic mass is 16.5. The van der Waals surface area contributed by atoms with Gasteiger partial charge in [-0.2, -0.15) is 5.10 Å². The highest BCUT2D eigenvalue weighted by Gasteiger charge is 2.46. The van der Waals surface area contributed by atoms with Crippen molar-refractivity contribution in [2.24, 2.45) is 7.05 Å². The molecule has 0 radical (unpaired) electrons. The number of allylic oxidation sites excluding steroid dienone is 2. The molecule has 2 atom stereocenters. The van der Waals surface area contributed by atoms with E-state index in [1.54, 1.807) is 29.9 Å². The van der Waals surface area contributed by atoms with Crippen LogP contribution in [0.1, 0.15) is 64.0 Å². The quantitative estimate of drug-likeness (QED) is 0.496. The lowest BCUT2D eigenvalue weighted by molar-refractivity contribution is -0.168. The second-order valence-corrected chi connectivity index (χ2v) is 10.9. The molecule has 0 spiro atoms. The number of rotatable bonds is 8. The molecular formula is C29H37N3O4. The summed E-state index contributed by atoms with van der Waals surface area (Å²) in [5, 5.41) is 17.3. The fourth-order valence-electron chi connectivity index (χ4n) is 4.30. The lowest BCUT2D eigenvalue weighted by Gasteiger charge is -2.44. The molecule has 1 aliphatic rings. The first-order chi connectivity index (χ1) is 16.7. The molecule has 2 aromatic rings. The SMILES string of the molecule is C=CCC1(NC(=O)c2cc(-c3ccc(C(C)(C)C)cc3)nn2C)C(C)=CC=CC1OC(C)(C)C(=O)O. The van der Waals surface area contributed by atoms with Gasteiger partial charge in [0.2, 0.25) is 0 Å². The van der Waals surface area contributed by atoms with Crippen molar-refractivity contribution in [3.63, 3.8) is 0 Å². The minimum absolute atomic E-state index is 0.0425. The summed E-state index contributed by atoms with van der Waals surface area (Å²) in [6.45, 7) is 15.2. The largest absolute Gasteiger partial charge is 0.479 e. The standard InChI is InChI=1S/C29H37N3O4/c1-9-17-29(19(2)11-10-12-24(29)36-28(6,7)26(34)35)30-25(33)23-18-22(31-32(23)8)20-13-15-21(16-14-20)27(3,4)5/h9-16,18,24H,1,17H2,2-8H3,(H,30,33)(H,34,35). The summed E-state index contributed by atoms with van der Waals surface area (Å²) in [6, 6.07) is 9.95. The zero-order valence-electron chi connectivity index (χ0n) is 22.3. The van der Waals surface area contributed by atoms with Gasteiger partial charge in [0.1, 0.15) is 11.8 Å². The van der Waals surface area contributed by atoms with Crippen LogP contribution in [-0.2, 0) is 22.0 Å². The van der Waals surface area contributed by atoms with Crippen LogP contribution in [0, 0.1) is 0 Å². The van der Waals surface area contributed by atoms with Gasteiger partial charge in [-0.3, -0.25) is 9.48 Å². The molecule has 36 heavy (non-hydrogen) atoms. The molecule has 0 saturated carbocycles. The Balaban J connectivity index is 1.94. The molecule has 0 fully saturated rings. The zero-order valence-corrected chi connectivity index (χ0v) is 22.3. The maximum atomic E-state index is 13.6. The monoisotopic (exact) mass is 491 g/mol. The molecule has 0 saturated heterocycles. The van der Waals surface area contributed by atoms with E-state index in [1.807, 2.05) is 31.2 Å². The highest BCUT2D eigenvalue weighted by molar-refractivity contribution is 5.94. The van der Waals surface area contributed by atoms with Crippen molar-refractivity contribution >= 4 is 11.9 Å². The summed E-state index contributed by atoms with van der Waals surface area (Å²) in [5.41, 5.74) is 1.63. The Morgan fingerprint density at radius 3 is 2.42 bits per heavy atom. The number of benzene rings is 1. The molecule has 3 rings (SSSR count). The van der Waals surface area contributed by atoms with E-state index < -0.39 is 23.2 Å². The number of carboxylic acids is 1. The lowest BCUT2D eigenvalue weighted by Crippen LogP contribution is -2.60. The Kier molecular flexibility index (Phi) is 7.46. The number of carbonyl (C=O) groups excluding carboxylic acids is 1. The molecule has 192 valence electrons. The first-order valence-corrected chi connectivity index (χ1v) is 12.1. The maximum Gasteiger partial charge on any atom is 0.335 e. The van der Waals surface area contributed by atoms with Crippen molar-refractivity contribution in [1.29, 1.82) is 0 Å². The third-order valence-corrected chi connectivity index (χ3v) is 6.72. The van der Waals surface area contributed by atoms with Crippen molar-refractivity contribution in [3.05, 3.63) is 78.0 Å². The molecule has 1 heterocycles. The molecule has 0 bridgehead atoms. The summed E-state index contributed by atoms with van der Waals surface area (Å²) in [5.74, 6) is -1.43. The molecule has 1 amide bonds. The summed E-state index contributed by atoms with van der Waals surface area (Å²) in [6.07, 6.45) is 6.81. The lowest BCUT2D eigenvalue weighted by atomic mass is 9.78. The third-order valence-electron chi connectivity index (χ3n) is 6.72. The van der Waals surface area contributed by atoms with Gasteiger partial charge >= 0.3 is 5.97 Å². The smallest absolute Gasteiger partial charge is 0.335 e. The van der Waals surface area contributed by atoms with Crippen molar-refractivity contribution in [2.45, 2.75) is 70.6 Å². The van der Waals surface area contributed by atoms with Crippen LogP contribution < -0.4 is 5.32 Å². The topological polar surface area (TPSA) is 93.5 Å². The summed E-state index contributed by atoms with van der Waals surface area (Å²) in [7, 11) is 1.73. The van der Waals surface area contributed by atoms with Crippen LogP contribution in [0.4, 0.5) is 0 Å². The summed E-state index contributed by atoms with van der Waals surface area (Å²) >= 11 is 0. The Morgan fingerprint density at radius 2 is 1.86 bits per heavy atom. The van der Waals surface area contributed by atoms with E-state index in [0.29, 0.717) is 17.8 Å². The van der Waals surface area contributed by atoms with Gasteiger partial charge in [-0.15, -0.1) is 6.58 Å². The minimum atomic E-state index is -1.46. The molecule has 7 heteroatoms. The molecule has 1 aromatic carbocycles.